The molecule has 5 nitrogen and oxygen atoms in total. The molecule has 94 valence electrons. The summed E-state index contributed by atoms with van der Waals surface area (Å²) in [7, 11) is 2.81. The van der Waals surface area contributed by atoms with E-state index in [1.54, 1.807) is 0 Å². The Bertz CT molecular complexity index is 369. The summed E-state index contributed by atoms with van der Waals surface area (Å²) < 4.78 is 9.68. The van der Waals surface area contributed by atoms with Crippen molar-refractivity contribution < 1.29 is 24.2 Å². The minimum Gasteiger partial charge on any atom is -0.502 e. The number of hydrogen-bond acceptors (Lipinski definition) is 5. The highest BCUT2D eigenvalue weighted by Gasteiger charge is 2.10. The van der Waals surface area contributed by atoms with E-state index in [0.29, 0.717) is 11.8 Å². The zero-order valence-electron chi connectivity index (χ0n) is 10.3. The van der Waals surface area contributed by atoms with Gasteiger partial charge in [0.2, 0.25) is 5.75 Å². The molecule has 0 radical (unpaired) electrons. The molecule has 0 aliphatic heterocycles. The van der Waals surface area contributed by atoms with Gasteiger partial charge in [-0.1, -0.05) is 0 Å². The summed E-state index contributed by atoms with van der Waals surface area (Å²) in [6.07, 6.45) is 0.657. The second-order valence-electron chi connectivity index (χ2n) is 3.30. The molecule has 0 heterocycles. The number of Topliss-reactive ketones (excluding diaryl/α,β-unsaturated/α-hetero) is 1. The van der Waals surface area contributed by atoms with Crippen molar-refractivity contribution in [2.24, 2.45) is 0 Å². The van der Waals surface area contributed by atoms with Crippen LogP contribution in [0, 0.1) is 0 Å². The van der Waals surface area contributed by atoms with Gasteiger partial charge in [0.1, 0.15) is 12.1 Å². The Balaban J connectivity index is 0.000000557. The van der Waals surface area contributed by atoms with Gasteiger partial charge in [-0.05, 0) is 26.0 Å². The molecule has 5 heteroatoms. The lowest BCUT2D eigenvalue weighted by Crippen LogP contribution is -1.91. The maximum atomic E-state index is 10.5. The molecule has 0 aliphatic carbocycles. The zero-order chi connectivity index (χ0) is 13.4. The average molecular weight is 240 g/mol. The largest absolute Gasteiger partial charge is 0.502 e. The smallest absolute Gasteiger partial charge is 0.200 e. The molecule has 1 aromatic rings. The quantitative estimate of drug-likeness (QED) is 0.816. The van der Waals surface area contributed by atoms with E-state index in [1.165, 1.54) is 40.2 Å². The first kappa shape index (κ1) is 15.0. The van der Waals surface area contributed by atoms with Crippen LogP contribution in [0.2, 0.25) is 0 Å². The van der Waals surface area contributed by atoms with Gasteiger partial charge in [0.25, 0.3) is 0 Å². The Morgan fingerprint density at radius 2 is 1.53 bits per heavy atom. The van der Waals surface area contributed by atoms with Crippen LogP contribution in [0.3, 0.4) is 0 Å². The fourth-order valence-corrected chi connectivity index (χ4v) is 0.982. The van der Waals surface area contributed by atoms with Crippen molar-refractivity contribution >= 4 is 12.1 Å². The molecule has 0 bridgehead atoms. The first-order valence-corrected chi connectivity index (χ1v) is 4.83. The number of ketones is 1. The third-order valence-corrected chi connectivity index (χ3v) is 1.64. The van der Waals surface area contributed by atoms with Crippen molar-refractivity contribution in [1.82, 2.24) is 0 Å². The second-order valence-corrected chi connectivity index (χ2v) is 3.30. The molecule has 0 fully saturated rings. The van der Waals surface area contributed by atoms with Crippen molar-refractivity contribution in [3.05, 3.63) is 17.7 Å². The Labute approximate surface area is 100.0 Å². The van der Waals surface area contributed by atoms with Crippen LogP contribution in [0.4, 0.5) is 0 Å². The highest BCUT2D eigenvalue weighted by molar-refractivity contribution is 5.78. The number of benzene rings is 1. The van der Waals surface area contributed by atoms with Crippen LogP contribution < -0.4 is 9.47 Å². The lowest BCUT2D eigenvalue weighted by molar-refractivity contribution is -0.114. The van der Waals surface area contributed by atoms with E-state index in [9.17, 15) is 14.7 Å². The van der Waals surface area contributed by atoms with Gasteiger partial charge in [-0.2, -0.15) is 0 Å². The molecule has 0 spiro atoms. The third-order valence-electron chi connectivity index (χ3n) is 1.64. The Morgan fingerprint density at radius 3 is 1.76 bits per heavy atom. The highest BCUT2D eigenvalue weighted by Crippen LogP contribution is 2.36. The fourth-order valence-electron chi connectivity index (χ4n) is 0.982. The van der Waals surface area contributed by atoms with Crippen LogP contribution in [0.5, 0.6) is 17.2 Å². The Hall–Kier alpha value is -2.04. The third kappa shape index (κ3) is 5.01. The normalized spacial score (nSPS) is 8.71. The van der Waals surface area contributed by atoms with Gasteiger partial charge in [-0.3, -0.25) is 4.79 Å². The number of phenols is 1. The topological polar surface area (TPSA) is 72.8 Å². The van der Waals surface area contributed by atoms with Gasteiger partial charge in [-0.15, -0.1) is 0 Å². The summed E-state index contributed by atoms with van der Waals surface area (Å²) in [5.41, 5.74) is 0.395. The number of carbonyl (C=O) groups excluding carboxylic acids is 2. The highest BCUT2D eigenvalue weighted by atomic mass is 16.5. The molecule has 0 amide bonds. The number of carbonyl (C=O) groups is 2. The monoisotopic (exact) mass is 240 g/mol. The van der Waals surface area contributed by atoms with Crippen molar-refractivity contribution in [1.29, 1.82) is 0 Å². The van der Waals surface area contributed by atoms with Crippen LogP contribution >= 0.6 is 0 Å². The molecule has 1 rings (SSSR count). The van der Waals surface area contributed by atoms with E-state index in [4.69, 9.17) is 9.47 Å². The minimum atomic E-state index is -0.101. The summed E-state index contributed by atoms with van der Waals surface area (Å²) in [4.78, 5) is 19.9. The summed E-state index contributed by atoms with van der Waals surface area (Å²) in [6.45, 7) is 3.06. The van der Waals surface area contributed by atoms with Gasteiger partial charge in [0.15, 0.2) is 11.5 Å². The summed E-state index contributed by atoms with van der Waals surface area (Å²) in [6, 6.07) is 2.87. The number of methoxy groups -OCH3 is 2. The SMILES string of the molecule is CC(C)=O.COc1cc(C=O)cc(OC)c1O. The van der Waals surface area contributed by atoms with Crippen LogP contribution in [-0.4, -0.2) is 31.4 Å². The number of rotatable bonds is 3. The van der Waals surface area contributed by atoms with E-state index >= 15 is 0 Å². The van der Waals surface area contributed by atoms with Crippen molar-refractivity contribution in [3.63, 3.8) is 0 Å². The molecule has 0 saturated heterocycles. The van der Waals surface area contributed by atoms with Gasteiger partial charge in [0, 0.05) is 5.56 Å². The van der Waals surface area contributed by atoms with Crippen LogP contribution in [0.15, 0.2) is 12.1 Å². The van der Waals surface area contributed by atoms with E-state index in [0.717, 1.165) is 0 Å². The summed E-state index contributed by atoms with van der Waals surface area (Å²) in [5, 5.41) is 9.44. The lowest BCUT2D eigenvalue weighted by atomic mass is 10.2. The maximum Gasteiger partial charge on any atom is 0.200 e. The average Bonchev–Trinajstić information content (AvgIpc) is 2.28. The fraction of sp³-hybridized carbons (Fsp3) is 0.333. The van der Waals surface area contributed by atoms with Gasteiger partial charge >= 0.3 is 0 Å². The standard InChI is InChI=1S/C9H10O4.C3H6O/c1-12-7-3-6(5-10)4-8(13-2)9(7)11;1-3(2)4/h3-5,11H,1-2H3;1-2H3. The number of phenolic OH excluding ortho intramolecular Hbond substituents is 1. The molecule has 0 unspecified atom stereocenters. The van der Waals surface area contributed by atoms with Gasteiger partial charge in [0.05, 0.1) is 14.2 Å². The van der Waals surface area contributed by atoms with Crippen molar-refractivity contribution in [2.75, 3.05) is 14.2 Å². The van der Waals surface area contributed by atoms with Crippen molar-refractivity contribution in [3.8, 4) is 17.2 Å². The zero-order valence-corrected chi connectivity index (χ0v) is 10.3. The molecule has 0 saturated carbocycles. The molecule has 1 aromatic carbocycles. The molecule has 0 aromatic heterocycles. The second kappa shape index (κ2) is 7.27. The molecule has 0 aliphatic rings. The predicted molar refractivity (Wildman–Crippen MR) is 63.0 cm³/mol. The van der Waals surface area contributed by atoms with Crippen LogP contribution in [0.1, 0.15) is 24.2 Å². The molecule has 0 atom stereocenters. The Morgan fingerprint density at radius 1 is 1.18 bits per heavy atom. The van der Waals surface area contributed by atoms with Gasteiger partial charge < -0.3 is 19.4 Å². The minimum absolute atomic E-state index is 0.101. The summed E-state index contributed by atoms with van der Waals surface area (Å²) >= 11 is 0. The first-order valence-electron chi connectivity index (χ1n) is 4.83. The maximum absolute atomic E-state index is 10.5. The number of aromatic hydroxyl groups is 1. The molecule has 17 heavy (non-hydrogen) atoms. The number of aldehydes is 1. The van der Waals surface area contributed by atoms with E-state index in [-0.39, 0.29) is 23.0 Å². The molecule has 1 N–H and O–H groups in total. The molecular weight excluding hydrogens is 224 g/mol. The van der Waals surface area contributed by atoms with Crippen LogP contribution in [0.25, 0.3) is 0 Å². The number of ether oxygens (including phenoxy) is 2. The molecular formula is C12H16O5. The number of hydrogen-bond donors (Lipinski definition) is 1. The van der Waals surface area contributed by atoms with E-state index < -0.39 is 0 Å². The van der Waals surface area contributed by atoms with Crippen molar-refractivity contribution in [2.45, 2.75) is 13.8 Å². The van der Waals surface area contributed by atoms with Crippen LogP contribution in [-0.2, 0) is 4.79 Å². The Kier molecular flexibility index (Phi) is 6.40. The van der Waals surface area contributed by atoms with E-state index in [2.05, 4.69) is 0 Å². The van der Waals surface area contributed by atoms with E-state index in [1.807, 2.05) is 0 Å². The summed E-state index contributed by atoms with van der Waals surface area (Å²) in [5.74, 6) is 0.513. The lowest BCUT2D eigenvalue weighted by Gasteiger charge is -2.08. The predicted octanol–water partition coefficient (Wildman–Crippen LogP) is 1.82. The first-order chi connectivity index (χ1) is 7.96. The van der Waals surface area contributed by atoms with Gasteiger partial charge in [-0.25, -0.2) is 0 Å².